The number of aryl methyl sites for hydroxylation is 2. The summed E-state index contributed by atoms with van der Waals surface area (Å²) in [5.74, 6) is 0.195. The first-order valence-corrected chi connectivity index (χ1v) is 9.87. The molecule has 0 aromatic heterocycles. The molecule has 29 heavy (non-hydrogen) atoms. The number of nitrogens with zero attached hydrogens (tertiary/aromatic N) is 1. The summed E-state index contributed by atoms with van der Waals surface area (Å²) >= 11 is 5.28. The summed E-state index contributed by atoms with van der Waals surface area (Å²) in [6, 6.07) is 13.3. The lowest BCUT2D eigenvalue weighted by molar-refractivity contribution is -0.122. The molecule has 2 aromatic rings. The molecule has 1 heterocycles. The smallest absolute Gasteiger partial charge is 0.265 e. The van der Waals surface area contributed by atoms with Gasteiger partial charge in [-0.25, -0.2) is 0 Å². The number of nitrogens with one attached hydrogen (secondary N) is 3. The van der Waals surface area contributed by atoms with Crippen LogP contribution in [0.5, 0.6) is 5.75 Å². The number of carbonyl (C=O) groups is 2. The normalized spacial score (nSPS) is 12.6. The summed E-state index contributed by atoms with van der Waals surface area (Å²) in [5, 5.41) is 3.44. The second-order valence-electron chi connectivity index (χ2n) is 6.64. The largest absolute Gasteiger partial charge is 0.482 e. The van der Waals surface area contributed by atoms with Crippen LogP contribution in [0.4, 0.5) is 11.4 Å². The van der Waals surface area contributed by atoms with Gasteiger partial charge in [0.05, 0.1) is 5.69 Å². The third-order valence-electron chi connectivity index (χ3n) is 4.66. The highest BCUT2D eigenvalue weighted by atomic mass is 32.1. The van der Waals surface area contributed by atoms with E-state index in [9.17, 15) is 9.59 Å². The molecular formula is C21H24N4O3S. The second-order valence-corrected chi connectivity index (χ2v) is 7.05. The number of amides is 2. The maximum Gasteiger partial charge on any atom is 0.265 e. The molecule has 7 nitrogen and oxygen atoms in total. The van der Waals surface area contributed by atoms with Crippen LogP contribution >= 0.6 is 12.2 Å². The molecule has 2 aromatic carbocycles. The third kappa shape index (κ3) is 5.03. The Bertz CT molecular complexity index is 932. The Balaban J connectivity index is 1.51. The molecule has 0 bridgehead atoms. The number of rotatable bonds is 5. The molecular weight excluding hydrogens is 388 g/mol. The Morgan fingerprint density at radius 1 is 1.17 bits per heavy atom. The van der Waals surface area contributed by atoms with Gasteiger partial charge >= 0.3 is 0 Å². The summed E-state index contributed by atoms with van der Waals surface area (Å²) in [5.41, 5.74) is 9.13. The molecule has 2 amide bonds. The van der Waals surface area contributed by atoms with Gasteiger partial charge < -0.3 is 15.0 Å². The van der Waals surface area contributed by atoms with E-state index in [0.29, 0.717) is 16.5 Å². The summed E-state index contributed by atoms with van der Waals surface area (Å²) in [7, 11) is 0. The molecule has 0 aliphatic carbocycles. The topological polar surface area (TPSA) is 82.7 Å². The molecule has 8 heteroatoms. The van der Waals surface area contributed by atoms with Gasteiger partial charge in [-0.1, -0.05) is 37.3 Å². The number of carbonyl (C=O) groups excluding carboxylic acids is 2. The van der Waals surface area contributed by atoms with Crippen LogP contribution < -0.4 is 25.8 Å². The molecule has 1 aliphatic rings. The predicted molar refractivity (Wildman–Crippen MR) is 117 cm³/mol. The van der Waals surface area contributed by atoms with Crippen LogP contribution in [0.25, 0.3) is 0 Å². The zero-order valence-corrected chi connectivity index (χ0v) is 17.3. The molecule has 0 radical (unpaired) electrons. The van der Waals surface area contributed by atoms with Crippen molar-refractivity contribution in [2.45, 2.75) is 26.7 Å². The van der Waals surface area contributed by atoms with E-state index in [-0.39, 0.29) is 31.4 Å². The molecule has 0 spiro atoms. The standard InChI is InChI=1S/C21H24N4O3S/c1-3-15-8-6-7-14(2)20(15)22-21(29)24-23-18(26)11-12-25-16-9-4-5-10-17(16)28-13-19(25)27/h4-10H,3,11-13H2,1-2H3,(H,23,26)(H2,22,24,29). The minimum Gasteiger partial charge on any atom is -0.482 e. The number of fused-ring (bicyclic) bond motifs is 1. The van der Waals surface area contributed by atoms with Crippen molar-refractivity contribution >= 4 is 40.5 Å². The van der Waals surface area contributed by atoms with Gasteiger partial charge in [-0.3, -0.25) is 20.4 Å². The SMILES string of the molecule is CCc1cccc(C)c1NC(=S)NNC(=O)CCN1C(=O)COc2ccccc21. The van der Waals surface area contributed by atoms with Gasteiger partial charge in [0, 0.05) is 18.7 Å². The lowest BCUT2D eigenvalue weighted by Crippen LogP contribution is -2.46. The molecule has 3 N–H and O–H groups in total. The van der Waals surface area contributed by atoms with Crippen molar-refractivity contribution in [2.24, 2.45) is 0 Å². The molecule has 1 aliphatic heterocycles. The van der Waals surface area contributed by atoms with Gasteiger partial charge in [-0.15, -0.1) is 0 Å². The van der Waals surface area contributed by atoms with E-state index < -0.39 is 0 Å². The fraction of sp³-hybridized carbons (Fsp3) is 0.286. The number of hydrazine groups is 1. The summed E-state index contributed by atoms with van der Waals surface area (Å²) in [6.07, 6.45) is 0.994. The minimum absolute atomic E-state index is 0.0267. The summed E-state index contributed by atoms with van der Waals surface area (Å²) in [4.78, 5) is 25.9. The van der Waals surface area contributed by atoms with Crippen LogP contribution in [0.1, 0.15) is 24.5 Å². The Morgan fingerprint density at radius 3 is 2.76 bits per heavy atom. The van der Waals surface area contributed by atoms with Crippen LogP contribution in [-0.4, -0.2) is 30.1 Å². The van der Waals surface area contributed by atoms with Crippen molar-refractivity contribution in [2.75, 3.05) is 23.4 Å². The molecule has 3 rings (SSSR count). The highest BCUT2D eigenvalue weighted by Gasteiger charge is 2.25. The Morgan fingerprint density at radius 2 is 1.97 bits per heavy atom. The number of para-hydroxylation sites is 3. The van der Waals surface area contributed by atoms with Crippen molar-refractivity contribution in [3.05, 3.63) is 53.6 Å². The van der Waals surface area contributed by atoms with Gasteiger partial charge in [-0.2, -0.15) is 0 Å². The van der Waals surface area contributed by atoms with Crippen LogP contribution in [0.15, 0.2) is 42.5 Å². The van der Waals surface area contributed by atoms with Crippen molar-refractivity contribution in [3.8, 4) is 5.75 Å². The number of benzene rings is 2. The second kappa shape index (κ2) is 9.38. The average molecular weight is 413 g/mol. The van der Waals surface area contributed by atoms with Crippen LogP contribution in [-0.2, 0) is 16.0 Å². The van der Waals surface area contributed by atoms with Gasteiger partial charge in [0.15, 0.2) is 11.7 Å². The minimum atomic E-state index is -0.272. The predicted octanol–water partition coefficient (Wildman–Crippen LogP) is 2.69. The van der Waals surface area contributed by atoms with Crippen molar-refractivity contribution in [1.82, 2.24) is 10.9 Å². The van der Waals surface area contributed by atoms with Gasteiger partial charge in [0.25, 0.3) is 5.91 Å². The lowest BCUT2D eigenvalue weighted by atomic mass is 10.1. The van der Waals surface area contributed by atoms with E-state index in [4.69, 9.17) is 17.0 Å². The van der Waals surface area contributed by atoms with E-state index in [0.717, 1.165) is 23.2 Å². The molecule has 0 saturated carbocycles. The van der Waals surface area contributed by atoms with Crippen LogP contribution in [0.2, 0.25) is 0 Å². The van der Waals surface area contributed by atoms with Gasteiger partial charge in [0.1, 0.15) is 5.75 Å². The summed E-state index contributed by atoms with van der Waals surface area (Å²) in [6.45, 7) is 4.30. The Hall–Kier alpha value is -3.13. The van der Waals surface area contributed by atoms with Crippen molar-refractivity contribution in [3.63, 3.8) is 0 Å². The monoisotopic (exact) mass is 412 g/mol. The maximum atomic E-state index is 12.2. The number of ether oxygens (including phenoxy) is 1. The Labute approximate surface area is 175 Å². The number of thiocarbonyl (C=S) groups is 1. The van der Waals surface area contributed by atoms with Crippen molar-refractivity contribution < 1.29 is 14.3 Å². The third-order valence-corrected chi connectivity index (χ3v) is 4.87. The highest BCUT2D eigenvalue weighted by Crippen LogP contribution is 2.31. The molecule has 152 valence electrons. The van der Waals surface area contributed by atoms with E-state index >= 15 is 0 Å². The van der Waals surface area contributed by atoms with Crippen LogP contribution in [0, 0.1) is 6.92 Å². The Kier molecular flexibility index (Phi) is 6.66. The highest BCUT2D eigenvalue weighted by molar-refractivity contribution is 7.80. The quantitative estimate of drug-likeness (QED) is 0.517. The number of hydrogen-bond donors (Lipinski definition) is 3. The van der Waals surface area contributed by atoms with Crippen LogP contribution in [0.3, 0.4) is 0 Å². The lowest BCUT2D eigenvalue weighted by Gasteiger charge is -2.29. The van der Waals surface area contributed by atoms with Gasteiger partial charge in [0.2, 0.25) is 5.91 Å². The average Bonchev–Trinajstić information content (AvgIpc) is 2.73. The number of anilines is 2. The first kappa shape index (κ1) is 20.6. The first-order valence-electron chi connectivity index (χ1n) is 9.46. The summed E-state index contributed by atoms with van der Waals surface area (Å²) < 4.78 is 5.41. The van der Waals surface area contributed by atoms with E-state index in [1.165, 1.54) is 0 Å². The molecule has 0 atom stereocenters. The molecule has 0 fully saturated rings. The van der Waals surface area contributed by atoms with Crippen molar-refractivity contribution in [1.29, 1.82) is 0 Å². The fourth-order valence-corrected chi connectivity index (χ4v) is 3.30. The fourth-order valence-electron chi connectivity index (χ4n) is 3.15. The zero-order chi connectivity index (χ0) is 20.8. The molecule has 0 unspecified atom stereocenters. The van der Waals surface area contributed by atoms with E-state index in [1.54, 1.807) is 17.0 Å². The maximum absolute atomic E-state index is 12.2. The molecule has 0 saturated heterocycles. The first-order chi connectivity index (χ1) is 14.0. The zero-order valence-electron chi connectivity index (χ0n) is 16.5. The van der Waals surface area contributed by atoms with E-state index in [1.807, 2.05) is 37.3 Å². The number of hydrogen-bond acceptors (Lipinski definition) is 4. The van der Waals surface area contributed by atoms with E-state index in [2.05, 4.69) is 23.1 Å². The van der Waals surface area contributed by atoms with Gasteiger partial charge in [-0.05, 0) is 48.8 Å².